The molecule has 0 aliphatic carbocycles. The van der Waals surface area contributed by atoms with Gasteiger partial charge in [0.15, 0.2) is 0 Å². The normalized spacial score (nSPS) is 13.9. The van der Waals surface area contributed by atoms with E-state index in [1.165, 1.54) is 43.6 Å². The molecule has 0 bridgehead atoms. The van der Waals surface area contributed by atoms with Crippen molar-refractivity contribution in [3.8, 4) is 0 Å². The van der Waals surface area contributed by atoms with Crippen LogP contribution in [0.4, 0.5) is 30.9 Å². The van der Waals surface area contributed by atoms with Crippen molar-refractivity contribution in [1.29, 1.82) is 0 Å². The average Bonchev–Trinajstić information content (AvgIpc) is 2.80. The number of pyridine rings is 1. The molecule has 1 unspecified atom stereocenters. The molecule has 0 amide bonds. The van der Waals surface area contributed by atoms with Crippen molar-refractivity contribution < 1.29 is 47.6 Å². The van der Waals surface area contributed by atoms with E-state index in [1.54, 1.807) is 0 Å². The Balaban J connectivity index is 0. The zero-order valence-corrected chi connectivity index (χ0v) is 28.0. The molecular weight excluding hydrogens is 751 g/mol. The van der Waals surface area contributed by atoms with Gasteiger partial charge in [0.2, 0.25) is 0 Å². The van der Waals surface area contributed by atoms with Crippen LogP contribution in [0.1, 0.15) is 54.4 Å². The first kappa shape index (κ1) is 40.0. The molecule has 0 N–H and O–H groups in total. The third kappa shape index (κ3) is 19.8. The van der Waals surface area contributed by atoms with Crippen molar-refractivity contribution in [3.05, 3.63) is 35.5 Å². The minimum Gasteiger partial charge on any atom is 1.00 e. The molecule has 2 rings (SSSR count). The molecule has 0 saturated heterocycles. The fraction of sp³-hybridized carbons (Fsp3) is 0.640. The molecule has 1 aromatic heterocycles. The molecule has 228 valence electrons. The molecule has 0 radical (unpaired) electrons. The third-order valence-electron chi connectivity index (χ3n) is 6.06. The minimum absolute atomic E-state index is 0. The topological polar surface area (TPSA) is 19.4 Å². The number of fused-ring (bicyclic) bond motifs is 1. The third-order valence-corrected chi connectivity index (χ3v) is 8.97. The Hall–Kier alpha value is -0.140. The molecule has 1 heterocycles. The largest absolute Gasteiger partial charge is 1.00 e. The fourth-order valence-electron chi connectivity index (χ4n) is 3.67. The molecule has 38 heavy (non-hydrogen) atoms. The van der Waals surface area contributed by atoms with Crippen LogP contribution in [0.25, 0.3) is 10.9 Å². The predicted molar refractivity (Wildman–Crippen MR) is 154 cm³/mol. The van der Waals surface area contributed by atoms with Gasteiger partial charge in [0.05, 0.1) is 5.52 Å². The number of nitrogens with zero attached hydrogens (tertiary/aromatic N) is 3. The Morgan fingerprint density at radius 2 is 1.42 bits per heavy atom. The van der Waals surface area contributed by atoms with Gasteiger partial charge in [-0.3, -0.25) is 4.98 Å². The number of aromatic nitrogens is 1. The maximum Gasteiger partial charge on any atom is 1.00 e. The summed E-state index contributed by atoms with van der Waals surface area (Å²) in [5, 5.41) is 1.90. The standard InChI is InChI=1S/C19H28ClN3.C6H15P.Au.F6P/c1-5-23(6-2)13-7-8-15(3)22(4)19-11-12-21-18-14-16(20)9-10-17(18)19;1-4-7(5-2)6-3;;1-7(2,3,4,5)6/h9-12,14-15H,5-8,13H2,1-4H3;4-6H2,1-3H3;;/q;;+1;-1. The summed E-state index contributed by atoms with van der Waals surface area (Å²) in [6.45, 7) is 17.1. The van der Waals surface area contributed by atoms with Gasteiger partial charge < -0.3 is 9.80 Å². The van der Waals surface area contributed by atoms with E-state index in [0.717, 1.165) is 29.0 Å². The van der Waals surface area contributed by atoms with Gasteiger partial charge in [-0.15, -0.1) is 7.92 Å². The monoisotopic (exact) mass is 793 g/mol. The van der Waals surface area contributed by atoms with Crippen LogP contribution in [-0.2, 0) is 22.4 Å². The van der Waals surface area contributed by atoms with Crippen molar-refractivity contribution in [2.75, 3.05) is 50.1 Å². The number of hydrogen-bond acceptors (Lipinski definition) is 3. The zero-order valence-electron chi connectivity index (χ0n) is 23.3. The smallest absolute Gasteiger partial charge is 1.00 e. The molecule has 0 aliphatic heterocycles. The van der Waals surface area contributed by atoms with E-state index in [1.807, 2.05) is 18.3 Å². The van der Waals surface area contributed by atoms with Gasteiger partial charge in [-0.2, -0.15) is 0 Å². The summed E-state index contributed by atoms with van der Waals surface area (Å²) in [6.07, 6.45) is 8.53. The van der Waals surface area contributed by atoms with Crippen LogP contribution in [0.5, 0.6) is 0 Å². The summed E-state index contributed by atoms with van der Waals surface area (Å²) < 4.78 is 59.2. The maximum atomic E-state index is 9.87. The summed E-state index contributed by atoms with van der Waals surface area (Å²) in [5.74, 6) is 0. The number of anilines is 1. The molecule has 2 aromatic rings. The first-order valence-electron chi connectivity index (χ1n) is 12.6. The van der Waals surface area contributed by atoms with Crippen molar-refractivity contribution in [1.82, 2.24) is 9.88 Å². The van der Waals surface area contributed by atoms with E-state index < -0.39 is 7.81 Å². The summed E-state index contributed by atoms with van der Waals surface area (Å²) >= 11 is 6.08. The maximum absolute atomic E-state index is 10.7. The quantitative estimate of drug-likeness (QED) is 0.128. The van der Waals surface area contributed by atoms with E-state index in [0.29, 0.717) is 14.0 Å². The molecule has 0 fully saturated rings. The van der Waals surface area contributed by atoms with Gasteiger partial charge in [-0.05, 0) is 82.2 Å². The number of halogens is 7. The van der Waals surface area contributed by atoms with Crippen LogP contribution >= 0.6 is 27.3 Å². The summed E-state index contributed by atoms with van der Waals surface area (Å²) in [6, 6.07) is 8.52. The van der Waals surface area contributed by atoms with Gasteiger partial charge in [0.1, 0.15) is 0 Å². The van der Waals surface area contributed by atoms with Crippen LogP contribution in [0.15, 0.2) is 30.5 Å². The Morgan fingerprint density at radius 3 is 1.84 bits per heavy atom. The van der Waals surface area contributed by atoms with Crippen LogP contribution in [0, 0.1) is 0 Å². The molecule has 0 aliphatic rings. The second-order valence-corrected chi connectivity index (χ2v) is 14.3. The van der Waals surface area contributed by atoms with E-state index in [2.05, 4.69) is 75.5 Å². The minimum atomic E-state index is -10.7. The van der Waals surface area contributed by atoms with E-state index >= 15 is 0 Å². The van der Waals surface area contributed by atoms with Crippen LogP contribution < -0.4 is 4.90 Å². The van der Waals surface area contributed by atoms with Crippen LogP contribution in [-0.4, -0.2) is 61.1 Å². The van der Waals surface area contributed by atoms with E-state index in [-0.39, 0.29) is 22.4 Å². The first-order chi connectivity index (χ1) is 16.9. The van der Waals surface area contributed by atoms with E-state index in [9.17, 15) is 25.2 Å². The van der Waals surface area contributed by atoms with Crippen molar-refractivity contribution in [2.45, 2.75) is 60.4 Å². The number of rotatable bonds is 11. The Morgan fingerprint density at radius 1 is 0.921 bits per heavy atom. The van der Waals surface area contributed by atoms with Gasteiger partial charge in [0.25, 0.3) is 0 Å². The zero-order chi connectivity index (χ0) is 28.9. The molecule has 0 spiro atoms. The van der Waals surface area contributed by atoms with Crippen LogP contribution in [0.2, 0.25) is 5.02 Å². The number of benzene rings is 1. The van der Waals surface area contributed by atoms with Crippen LogP contribution in [0.3, 0.4) is 0 Å². The molecule has 3 nitrogen and oxygen atoms in total. The first-order valence-corrected chi connectivity index (χ1v) is 16.9. The SMILES string of the molecule is CCN(CC)CCCC(C)N(C)c1ccnc2cc(Cl)ccc12.CCP(CC)CC.F[P-](F)(F)(F)(F)F.[Au+]. The fourth-order valence-corrected chi connectivity index (χ4v) is 5.17. The summed E-state index contributed by atoms with van der Waals surface area (Å²) in [7, 11) is -8.04. The molecule has 1 atom stereocenters. The van der Waals surface area contributed by atoms with Crippen molar-refractivity contribution in [3.63, 3.8) is 0 Å². The second-order valence-electron chi connectivity index (χ2n) is 8.70. The molecular formula is C25H43AuClF6N3P2. The van der Waals surface area contributed by atoms with Gasteiger partial charge in [0, 0.05) is 35.4 Å². The van der Waals surface area contributed by atoms with Crippen molar-refractivity contribution in [2.24, 2.45) is 0 Å². The molecule has 13 heteroatoms. The average molecular weight is 794 g/mol. The Bertz CT molecular complexity index is 914. The summed E-state index contributed by atoms with van der Waals surface area (Å²) in [5.41, 5.74) is 2.18. The summed E-state index contributed by atoms with van der Waals surface area (Å²) in [4.78, 5) is 9.28. The predicted octanol–water partition coefficient (Wildman–Crippen LogP) is 10.7. The van der Waals surface area contributed by atoms with Gasteiger partial charge in [-0.25, -0.2) is 0 Å². The Kier molecular flexibility index (Phi) is 17.9. The second kappa shape index (κ2) is 17.0. The molecule has 1 aromatic carbocycles. The Labute approximate surface area is 246 Å². The molecule has 0 saturated carbocycles. The van der Waals surface area contributed by atoms with E-state index in [4.69, 9.17) is 11.6 Å². The number of hydrogen-bond donors (Lipinski definition) is 0. The van der Waals surface area contributed by atoms with Gasteiger partial charge in [-0.1, -0.05) is 46.2 Å². The van der Waals surface area contributed by atoms with Crippen molar-refractivity contribution >= 4 is 43.9 Å². The van der Waals surface area contributed by atoms with Gasteiger partial charge >= 0.3 is 55.4 Å².